The summed E-state index contributed by atoms with van der Waals surface area (Å²) < 4.78 is 11.2. The number of benzene rings is 1. The molecule has 1 heterocycles. The molecule has 1 aromatic rings. The molecule has 2 saturated carbocycles. The minimum atomic E-state index is 0.158. The number of carbonyl (C=O) groups excluding carboxylic acids is 2. The van der Waals surface area contributed by atoms with Gasteiger partial charge in [0.15, 0.2) is 0 Å². The van der Waals surface area contributed by atoms with Gasteiger partial charge in [-0.2, -0.15) is 0 Å². The normalized spacial score (nSPS) is 23.1. The van der Waals surface area contributed by atoms with Crippen molar-refractivity contribution in [2.45, 2.75) is 57.5 Å². The fraction of sp³-hybridized carbons (Fsp3) is 0.636. The molecule has 0 atom stereocenters. The Labute approximate surface area is 161 Å². The molecule has 3 fully saturated rings. The molecule has 0 bridgehead atoms. The first-order valence-corrected chi connectivity index (χ1v) is 10.2. The van der Waals surface area contributed by atoms with Crippen LogP contribution < -0.4 is 9.47 Å². The van der Waals surface area contributed by atoms with Gasteiger partial charge in [0.1, 0.15) is 23.4 Å². The predicted molar refractivity (Wildman–Crippen MR) is 102 cm³/mol. The highest BCUT2D eigenvalue weighted by atomic mass is 16.5. The predicted octanol–water partition coefficient (Wildman–Crippen LogP) is 3.60. The Morgan fingerprint density at radius 3 is 2.15 bits per heavy atom. The molecule has 0 N–H and O–H groups in total. The lowest BCUT2D eigenvalue weighted by molar-refractivity contribution is -0.142. The molecule has 0 radical (unpaired) electrons. The summed E-state index contributed by atoms with van der Waals surface area (Å²) in [6.07, 6.45) is 7.43. The van der Waals surface area contributed by atoms with E-state index in [0.717, 1.165) is 76.0 Å². The quantitative estimate of drug-likeness (QED) is 0.811. The van der Waals surface area contributed by atoms with Gasteiger partial charge in [0.25, 0.3) is 0 Å². The zero-order valence-electron chi connectivity index (χ0n) is 16.1. The Morgan fingerprint density at radius 1 is 1.00 bits per heavy atom. The third-order valence-corrected chi connectivity index (χ3v) is 6.66. The molecular formula is C22H29NO4. The van der Waals surface area contributed by atoms with Gasteiger partial charge < -0.3 is 14.4 Å². The molecule has 5 nitrogen and oxygen atoms in total. The maximum atomic E-state index is 12.9. The number of hydrogen-bond acceptors (Lipinski definition) is 4. The van der Waals surface area contributed by atoms with E-state index in [1.54, 1.807) is 7.11 Å². The van der Waals surface area contributed by atoms with E-state index in [4.69, 9.17) is 9.47 Å². The minimum Gasteiger partial charge on any atom is -0.497 e. The van der Waals surface area contributed by atoms with Crippen molar-refractivity contribution in [1.82, 2.24) is 4.90 Å². The lowest BCUT2D eigenvalue weighted by atomic mass is 9.58. The highest BCUT2D eigenvalue weighted by Crippen LogP contribution is 2.51. The fourth-order valence-electron chi connectivity index (χ4n) is 4.91. The van der Waals surface area contributed by atoms with Crippen LogP contribution in [0, 0.1) is 11.3 Å². The topological polar surface area (TPSA) is 55.8 Å². The van der Waals surface area contributed by atoms with Gasteiger partial charge in [-0.3, -0.25) is 9.59 Å². The van der Waals surface area contributed by atoms with E-state index in [1.165, 1.54) is 0 Å². The molecular weight excluding hydrogens is 342 g/mol. The smallest absolute Gasteiger partial charge is 0.225 e. The molecule has 1 aromatic carbocycles. The Balaban J connectivity index is 1.23. The maximum Gasteiger partial charge on any atom is 0.225 e. The Bertz CT molecular complexity index is 673. The minimum absolute atomic E-state index is 0.158. The van der Waals surface area contributed by atoms with Crippen molar-refractivity contribution >= 4 is 11.7 Å². The van der Waals surface area contributed by atoms with Gasteiger partial charge in [-0.15, -0.1) is 0 Å². The second kappa shape index (κ2) is 7.53. The summed E-state index contributed by atoms with van der Waals surface area (Å²) in [6.45, 7) is 1.56. The monoisotopic (exact) mass is 371 g/mol. The van der Waals surface area contributed by atoms with E-state index >= 15 is 0 Å². The summed E-state index contributed by atoms with van der Waals surface area (Å²) in [7, 11) is 1.65. The van der Waals surface area contributed by atoms with Gasteiger partial charge >= 0.3 is 0 Å². The molecule has 5 heteroatoms. The summed E-state index contributed by atoms with van der Waals surface area (Å²) in [6, 6.07) is 7.66. The van der Waals surface area contributed by atoms with E-state index in [1.807, 2.05) is 29.2 Å². The molecule has 3 aliphatic rings. The van der Waals surface area contributed by atoms with Crippen LogP contribution in [-0.2, 0) is 9.59 Å². The number of piperidine rings is 1. The van der Waals surface area contributed by atoms with Gasteiger partial charge in [0, 0.05) is 44.7 Å². The second-order valence-corrected chi connectivity index (χ2v) is 8.48. The first kappa shape index (κ1) is 18.3. The van der Waals surface area contributed by atoms with Crippen LogP contribution in [0.25, 0.3) is 0 Å². The average Bonchev–Trinajstić information content (AvgIpc) is 2.68. The number of nitrogens with zero attached hydrogens (tertiary/aromatic N) is 1. The number of ether oxygens (including phenoxy) is 2. The zero-order chi connectivity index (χ0) is 18.9. The number of likely N-dealkylation sites (tertiary alicyclic amines) is 1. The standard InChI is InChI=1S/C22H29NO4/c1-26-18-2-4-19(5-3-18)27-20-8-12-23(13-9-20)21(25)16-6-10-22(11-7-16)14-17(24)15-22/h2-5,16,20H,6-15H2,1H3. The summed E-state index contributed by atoms with van der Waals surface area (Å²) in [4.78, 5) is 26.2. The second-order valence-electron chi connectivity index (χ2n) is 8.48. The van der Waals surface area contributed by atoms with Crippen molar-refractivity contribution in [1.29, 1.82) is 0 Å². The Kier molecular flexibility index (Phi) is 5.11. The van der Waals surface area contributed by atoms with Gasteiger partial charge in [-0.25, -0.2) is 0 Å². The van der Waals surface area contributed by atoms with E-state index in [0.29, 0.717) is 11.7 Å². The number of amides is 1. The van der Waals surface area contributed by atoms with Crippen LogP contribution in [0.1, 0.15) is 51.4 Å². The number of carbonyl (C=O) groups is 2. The Morgan fingerprint density at radius 2 is 1.59 bits per heavy atom. The SMILES string of the molecule is COc1ccc(OC2CCN(C(=O)C3CCC4(CC3)CC(=O)C4)CC2)cc1. The molecule has 27 heavy (non-hydrogen) atoms. The molecule has 0 aromatic heterocycles. The lowest BCUT2D eigenvalue weighted by Gasteiger charge is -2.46. The van der Waals surface area contributed by atoms with Crippen molar-refractivity contribution < 1.29 is 19.1 Å². The molecule has 0 unspecified atom stereocenters. The zero-order valence-corrected chi connectivity index (χ0v) is 16.1. The third-order valence-electron chi connectivity index (χ3n) is 6.66. The van der Waals surface area contributed by atoms with E-state index in [9.17, 15) is 9.59 Å². The number of rotatable bonds is 4. The highest BCUT2D eigenvalue weighted by molar-refractivity contribution is 5.86. The molecule has 2 aliphatic carbocycles. The molecule has 4 rings (SSSR count). The van der Waals surface area contributed by atoms with Gasteiger partial charge in [0.05, 0.1) is 7.11 Å². The van der Waals surface area contributed by atoms with E-state index < -0.39 is 0 Å². The first-order chi connectivity index (χ1) is 13.1. The summed E-state index contributed by atoms with van der Waals surface area (Å²) >= 11 is 0. The average molecular weight is 371 g/mol. The number of hydrogen-bond donors (Lipinski definition) is 0. The largest absolute Gasteiger partial charge is 0.497 e. The van der Waals surface area contributed by atoms with Crippen LogP contribution in [-0.4, -0.2) is 42.9 Å². The van der Waals surface area contributed by atoms with Crippen molar-refractivity contribution in [2.75, 3.05) is 20.2 Å². The lowest BCUT2D eigenvalue weighted by Crippen LogP contribution is -2.47. The third kappa shape index (κ3) is 3.97. The molecule has 1 aliphatic heterocycles. The van der Waals surface area contributed by atoms with E-state index in [2.05, 4.69) is 0 Å². The number of methoxy groups -OCH3 is 1. The Hall–Kier alpha value is -2.04. The van der Waals surface area contributed by atoms with Gasteiger partial charge in [-0.05, 0) is 55.4 Å². The van der Waals surface area contributed by atoms with E-state index in [-0.39, 0.29) is 17.4 Å². The molecule has 1 spiro atoms. The summed E-state index contributed by atoms with van der Waals surface area (Å²) in [5.41, 5.74) is 0.257. The number of Topliss-reactive ketones (excluding diaryl/α,β-unsaturated/α-hetero) is 1. The van der Waals surface area contributed by atoms with Crippen molar-refractivity contribution in [3.63, 3.8) is 0 Å². The van der Waals surface area contributed by atoms with Crippen molar-refractivity contribution in [3.8, 4) is 11.5 Å². The van der Waals surface area contributed by atoms with Crippen molar-refractivity contribution in [3.05, 3.63) is 24.3 Å². The van der Waals surface area contributed by atoms with Gasteiger partial charge in [0.2, 0.25) is 5.91 Å². The first-order valence-electron chi connectivity index (χ1n) is 10.2. The maximum absolute atomic E-state index is 12.9. The van der Waals surface area contributed by atoms with Crippen LogP contribution in [0.3, 0.4) is 0 Å². The van der Waals surface area contributed by atoms with Crippen LogP contribution in [0.4, 0.5) is 0 Å². The van der Waals surface area contributed by atoms with Crippen molar-refractivity contribution in [2.24, 2.45) is 11.3 Å². The van der Waals surface area contributed by atoms with Crippen LogP contribution in [0.15, 0.2) is 24.3 Å². The fourth-order valence-corrected chi connectivity index (χ4v) is 4.91. The van der Waals surface area contributed by atoms with Crippen LogP contribution >= 0.6 is 0 Å². The van der Waals surface area contributed by atoms with Crippen LogP contribution in [0.5, 0.6) is 11.5 Å². The molecule has 1 saturated heterocycles. The molecule has 1 amide bonds. The number of ketones is 1. The summed E-state index contributed by atoms with van der Waals surface area (Å²) in [5, 5.41) is 0. The highest BCUT2D eigenvalue weighted by Gasteiger charge is 2.46. The van der Waals surface area contributed by atoms with Crippen LogP contribution in [0.2, 0.25) is 0 Å². The summed E-state index contributed by atoms with van der Waals surface area (Å²) in [5.74, 6) is 2.55. The van der Waals surface area contributed by atoms with Gasteiger partial charge in [-0.1, -0.05) is 0 Å². The molecule has 146 valence electrons.